The van der Waals surface area contributed by atoms with Gasteiger partial charge in [0.2, 0.25) is 0 Å². The monoisotopic (exact) mass is 267 g/mol. The summed E-state index contributed by atoms with van der Waals surface area (Å²) in [6.07, 6.45) is 3.44. The molecule has 0 aromatic heterocycles. The molecule has 1 atom stereocenters. The van der Waals surface area contributed by atoms with Crippen LogP contribution < -0.4 is 5.32 Å². The van der Waals surface area contributed by atoms with Gasteiger partial charge in [0, 0.05) is 6.04 Å². The number of aryl methyl sites for hydroxylation is 2. The molecule has 2 aromatic carbocycles. The highest BCUT2D eigenvalue weighted by Crippen LogP contribution is 2.11. The van der Waals surface area contributed by atoms with E-state index >= 15 is 0 Å². The van der Waals surface area contributed by atoms with Gasteiger partial charge in [0.1, 0.15) is 0 Å². The lowest BCUT2D eigenvalue weighted by molar-refractivity contribution is 0.491. The van der Waals surface area contributed by atoms with Crippen molar-refractivity contribution >= 4 is 0 Å². The van der Waals surface area contributed by atoms with Crippen LogP contribution in [0.3, 0.4) is 0 Å². The van der Waals surface area contributed by atoms with Crippen LogP contribution in [0.4, 0.5) is 0 Å². The third-order valence-electron chi connectivity index (χ3n) is 3.68. The van der Waals surface area contributed by atoms with Crippen LogP contribution in [0.5, 0.6) is 0 Å². The molecule has 0 aliphatic rings. The molecule has 1 unspecified atom stereocenters. The molecule has 1 N–H and O–H groups in total. The van der Waals surface area contributed by atoms with E-state index in [9.17, 15) is 0 Å². The molecule has 0 fully saturated rings. The highest BCUT2D eigenvalue weighted by molar-refractivity contribution is 5.22. The van der Waals surface area contributed by atoms with Crippen molar-refractivity contribution in [2.45, 2.75) is 39.2 Å². The van der Waals surface area contributed by atoms with Gasteiger partial charge in [-0.1, -0.05) is 67.1 Å². The Morgan fingerprint density at radius 3 is 2.40 bits per heavy atom. The minimum Gasteiger partial charge on any atom is -0.314 e. The topological polar surface area (TPSA) is 12.0 Å². The Bertz CT molecular complexity index is 504. The van der Waals surface area contributed by atoms with E-state index in [2.05, 4.69) is 73.8 Å². The van der Waals surface area contributed by atoms with Crippen LogP contribution in [0.25, 0.3) is 0 Å². The molecule has 0 amide bonds. The van der Waals surface area contributed by atoms with Crippen LogP contribution in [0.1, 0.15) is 30.0 Å². The molecule has 2 aromatic rings. The second-order valence-electron chi connectivity index (χ2n) is 5.47. The fraction of sp³-hybridized carbons (Fsp3) is 0.368. The van der Waals surface area contributed by atoms with Crippen molar-refractivity contribution in [3.8, 4) is 0 Å². The minimum absolute atomic E-state index is 0.558. The first-order valence-corrected chi connectivity index (χ1v) is 7.60. The third kappa shape index (κ3) is 4.82. The number of nitrogens with one attached hydrogen (secondary N) is 1. The number of rotatable bonds is 7. The summed E-state index contributed by atoms with van der Waals surface area (Å²) in [7, 11) is 0. The average Bonchev–Trinajstić information content (AvgIpc) is 2.46. The maximum atomic E-state index is 3.62. The van der Waals surface area contributed by atoms with Gasteiger partial charge < -0.3 is 5.32 Å². The van der Waals surface area contributed by atoms with E-state index in [0.717, 1.165) is 19.4 Å². The van der Waals surface area contributed by atoms with Crippen molar-refractivity contribution in [2.75, 3.05) is 6.54 Å². The summed E-state index contributed by atoms with van der Waals surface area (Å²) in [6.45, 7) is 5.38. The minimum atomic E-state index is 0.558. The summed E-state index contributed by atoms with van der Waals surface area (Å²) >= 11 is 0. The summed E-state index contributed by atoms with van der Waals surface area (Å²) < 4.78 is 0. The molecule has 0 saturated carbocycles. The molecular weight excluding hydrogens is 242 g/mol. The summed E-state index contributed by atoms with van der Waals surface area (Å²) in [4.78, 5) is 0. The van der Waals surface area contributed by atoms with Gasteiger partial charge >= 0.3 is 0 Å². The van der Waals surface area contributed by atoms with E-state index in [-0.39, 0.29) is 0 Å². The van der Waals surface area contributed by atoms with Crippen LogP contribution in [0.15, 0.2) is 54.6 Å². The van der Waals surface area contributed by atoms with Crippen molar-refractivity contribution < 1.29 is 0 Å². The summed E-state index contributed by atoms with van der Waals surface area (Å²) in [5.74, 6) is 0. The Morgan fingerprint density at radius 2 is 1.70 bits per heavy atom. The summed E-state index contributed by atoms with van der Waals surface area (Å²) in [5, 5.41) is 3.62. The average molecular weight is 267 g/mol. The first kappa shape index (κ1) is 14.8. The van der Waals surface area contributed by atoms with Crippen LogP contribution in [-0.2, 0) is 12.8 Å². The highest BCUT2D eigenvalue weighted by Gasteiger charge is 2.08. The van der Waals surface area contributed by atoms with E-state index in [0.29, 0.717) is 6.04 Å². The Labute approximate surface area is 123 Å². The van der Waals surface area contributed by atoms with Gasteiger partial charge in [-0.05, 0) is 43.9 Å². The first-order chi connectivity index (χ1) is 9.78. The normalized spacial score (nSPS) is 12.3. The Hall–Kier alpha value is -1.60. The van der Waals surface area contributed by atoms with Crippen LogP contribution in [0.2, 0.25) is 0 Å². The molecular formula is C19H25N. The van der Waals surface area contributed by atoms with Crippen LogP contribution in [-0.4, -0.2) is 12.6 Å². The Kier molecular flexibility index (Phi) is 5.82. The second-order valence-corrected chi connectivity index (χ2v) is 5.47. The molecule has 0 bridgehead atoms. The lowest BCUT2D eigenvalue weighted by atomic mass is 9.98. The fourth-order valence-corrected chi connectivity index (χ4v) is 2.67. The van der Waals surface area contributed by atoms with Gasteiger partial charge in [-0.2, -0.15) is 0 Å². The predicted molar refractivity (Wildman–Crippen MR) is 87.1 cm³/mol. The molecule has 0 aliphatic heterocycles. The van der Waals surface area contributed by atoms with Gasteiger partial charge in [0.15, 0.2) is 0 Å². The smallest absolute Gasteiger partial charge is 0.0110 e. The third-order valence-corrected chi connectivity index (χ3v) is 3.68. The quantitative estimate of drug-likeness (QED) is 0.794. The molecule has 0 saturated heterocycles. The van der Waals surface area contributed by atoms with E-state index in [1.807, 2.05) is 0 Å². The second kappa shape index (κ2) is 7.86. The number of likely N-dealkylation sites (N-methyl/N-ethyl adjacent to an activating group) is 1. The zero-order chi connectivity index (χ0) is 14.2. The summed E-state index contributed by atoms with van der Waals surface area (Å²) in [6, 6.07) is 20.2. The van der Waals surface area contributed by atoms with E-state index in [1.54, 1.807) is 0 Å². The molecule has 0 aliphatic carbocycles. The standard InChI is InChI=1S/C19H25N/c1-3-20-19(15-17-9-5-4-6-10-17)13-12-18-11-7-8-16(2)14-18/h4-11,14,19-20H,3,12-13,15H2,1-2H3. The first-order valence-electron chi connectivity index (χ1n) is 7.60. The maximum absolute atomic E-state index is 3.62. The van der Waals surface area contributed by atoms with E-state index in [4.69, 9.17) is 0 Å². The lowest BCUT2D eigenvalue weighted by Gasteiger charge is -2.18. The van der Waals surface area contributed by atoms with Gasteiger partial charge in [-0.15, -0.1) is 0 Å². The molecule has 20 heavy (non-hydrogen) atoms. The zero-order valence-corrected chi connectivity index (χ0v) is 12.6. The zero-order valence-electron chi connectivity index (χ0n) is 12.6. The predicted octanol–water partition coefficient (Wildman–Crippen LogP) is 4.15. The molecule has 2 rings (SSSR count). The van der Waals surface area contributed by atoms with Gasteiger partial charge in [0.25, 0.3) is 0 Å². The van der Waals surface area contributed by atoms with Crippen molar-refractivity contribution in [1.82, 2.24) is 5.32 Å². The van der Waals surface area contributed by atoms with E-state index < -0.39 is 0 Å². The molecule has 0 radical (unpaired) electrons. The number of hydrogen-bond acceptors (Lipinski definition) is 1. The molecule has 1 heteroatoms. The maximum Gasteiger partial charge on any atom is 0.0110 e. The van der Waals surface area contributed by atoms with Crippen molar-refractivity contribution in [3.63, 3.8) is 0 Å². The van der Waals surface area contributed by atoms with Crippen molar-refractivity contribution in [2.24, 2.45) is 0 Å². The van der Waals surface area contributed by atoms with Crippen LogP contribution >= 0.6 is 0 Å². The van der Waals surface area contributed by atoms with Gasteiger partial charge in [0.05, 0.1) is 0 Å². The van der Waals surface area contributed by atoms with Gasteiger partial charge in [-0.3, -0.25) is 0 Å². The Balaban J connectivity index is 1.92. The number of benzene rings is 2. The SMILES string of the molecule is CCNC(CCc1cccc(C)c1)Cc1ccccc1. The number of hydrogen-bond donors (Lipinski definition) is 1. The largest absolute Gasteiger partial charge is 0.314 e. The molecule has 1 nitrogen and oxygen atoms in total. The molecule has 0 spiro atoms. The van der Waals surface area contributed by atoms with Crippen molar-refractivity contribution in [3.05, 3.63) is 71.3 Å². The van der Waals surface area contributed by atoms with Crippen LogP contribution in [0, 0.1) is 6.92 Å². The fourth-order valence-electron chi connectivity index (χ4n) is 2.67. The molecule has 106 valence electrons. The highest BCUT2D eigenvalue weighted by atomic mass is 14.9. The van der Waals surface area contributed by atoms with Crippen molar-refractivity contribution in [1.29, 1.82) is 0 Å². The van der Waals surface area contributed by atoms with E-state index in [1.165, 1.54) is 23.1 Å². The van der Waals surface area contributed by atoms with Gasteiger partial charge in [-0.25, -0.2) is 0 Å². The molecule has 0 heterocycles. The summed E-state index contributed by atoms with van der Waals surface area (Å²) in [5.41, 5.74) is 4.22. The Morgan fingerprint density at radius 1 is 0.950 bits per heavy atom. The lowest BCUT2D eigenvalue weighted by Crippen LogP contribution is -2.31.